The van der Waals surface area contributed by atoms with E-state index >= 15 is 0 Å². The molecule has 3 N–H and O–H groups in total. The van der Waals surface area contributed by atoms with Crippen LogP contribution < -0.4 is 5.43 Å². The zero-order valence-electron chi connectivity index (χ0n) is 11.2. The van der Waals surface area contributed by atoms with E-state index in [-0.39, 0.29) is 22.1 Å². The molecule has 2 aromatic rings. The van der Waals surface area contributed by atoms with Crippen LogP contribution in [0, 0.1) is 0 Å². The average Bonchev–Trinajstić information content (AvgIpc) is 2.47. The van der Waals surface area contributed by atoms with E-state index in [9.17, 15) is 15.0 Å². The van der Waals surface area contributed by atoms with E-state index in [1.807, 2.05) is 0 Å². The number of carbonyl (C=O) groups excluding carboxylic acids is 1. The average molecular weight is 305 g/mol. The highest BCUT2D eigenvalue weighted by Crippen LogP contribution is 2.27. The fourth-order valence-corrected chi connectivity index (χ4v) is 1.90. The van der Waals surface area contributed by atoms with Crippen molar-refractivity contribution in [2.45, 2.75) is 6.92 Å². The van der Waals surface area contributed by atoms with Gasteiger partial charge in [-0.3, -0.25) is 4.79 Å². The number of para-hydroxylation sites is 2. The SMILES string of the molecule is C/C(=N\NC(=O)c1ccccc1O)c1cccc(Cl)c1O. The van der Waals surface area contributed by atoms with Crippen LogP contribution in [0.5, 0.6) is 11.5 Å². The van der Waals surface area contributed by atoms with E-state index in [4.69, 9.17) is 11.6 Å². The number of phenols is 2. The molecule has 0 saturated heterocycles. The number of benzene rings is 2. The number of halogens is 1. The van der Waals surface area contributed by atoms with Crippen molar-refractivity contribution in [3.05, 3.63) is 58.6 Å². The second-order valence-corrected chi connectivity index (χ2v) is 4.70. The van der Waals surface area contributed by atoms with Crippen LogP contribution in [0.4, 0.5) is 0 Å². The lowest BCUT2D eigenvalue weighted by atomic mass is 10.1. The van der Waals surface area contributed by atoms with Crippen molar-refractivity contribution in [2.75, 3.05) is 0 Å². The Morgan fingerprint density at radius 3 is 2.48 bits per heavy atom. The molecule has 1 amide bonds. The normalized spacial score (nSPS) is 11.2. The Bertz CT molecular complexity index is 714. The van der Waals surface area contributed by atoms with Gasteiger partial charge in [-0.2, -0.15) is 5.10 Å². The highest BCUT2D eigenvalue weighted by molar-refractivity contribution is 6.32. The summed E-state index contributed by atoms with van der Waals surface area (Å²) in [5, 5.41) is 23.5. The number of nitrogens with one attached hydrogen (secondary N) is 1. The van der Waals surface area contributed by atoms with E-state index < -0.39 is 5.91 Å². The first-order valence-corrected chi connectivity index (χ1v) is 6.49. The van der Waals surface area contributed by atoms with Crippen molar-refractivity contribution < 1.29 is 15.0 Å². The highest BCUT2D eigenvalue weighted by atomic mass is 35.5. The Kier molecular flexibility index (Phi) is 4.45. The Balaban J connectivity index is 2.19. The predicted octanol–water partition coefficient (Wildman–Crippen LogP) is 2.91. The van der Waals surface area contributed by atoms with Gasteiger partial charge in [0.2, 0.25) is 0 Å². The van der Waals surface area contributed by atoms with Gasteiger partial charge in [0, 0.05) is 5.56 Å². The number of amides is 1. The molecule has 0 aliphatic rings. The number of phenolic OH excluding ortho intramolecular Hbond substituents is 2. The van der Waals surface area contributed by atoms with Crippen molar-refractivity contribution in [2.24, 2.45) is 5.10 Å². The van der Waals surface area contributed by atoms with Crippen LogP contribution in [-0.2, 0) is 0 Å². The van der Waals surface area contributed by atoms with Crippen molar-refractivity contribution >= 4 is 23.2 Å². The number of rotatable bonds is 3. The van der Waals surface area contributed by atoms with Crippen LogP contribution in [0.1, 0.15) is 22.8 Å². The van der Waals surface area contributed by atoms with E-state index in [1.165, 1.54) is 12.1 Å². The minimum absolute atomic E-state index is 0.0998. The third-order valence-electron chi connectivity index (χ3n) is 2.85. The maximum absolute atomic E-state index is 11.9. The molecule has 0 atom stereocenters. The van der Waals surface area contributed by atoms with Crippen LogP contribution in [0.3, 0.4) is 0 Å². The number of nitrogens with zero attached hydrogens (tertiary/aromatic N) is 1. The van der Waals surface area contributed by atoms with Gasteiger partial charge in [0.1, 0.15) is 11.5 Å². The third kappa shape index (κ3) is 3.32. The molecule has 5 nitrogen and oxygen atoms in total. The summed E-state index contributed by atoms with van der Waals surface area (Å²) in [5.41, 5.74) is 3.24. The molecule has 2 aromatic carbocycles. The molecule has 108 valence electrons. The molecule has 0 fully saturated rings. The maximum Gasteiger partial charge on any atom is 0.275 e. The molecule has 0 spiro atoms. The van der Waals surface area contributed by atoms with E-state index in [2.05, 4.69) is 10.5 Å². The second kappa shape index (κ2) is 6.28. The number of hydrogen-bond donors (Lipinski definition) is 3. The fraction of sp³-hybridized carbons (Fsp3) is 0.0667. The summed E-state index contributed by atoms with van der Waals surface area (Å²) in [6, 6.07) is 11.0. The quantitative estimate of drug-likeness (QED) is 0.602. The molecule has 0 unspecified atom stereocenters. The van der Waals surface area contributed by atoms with Gasteiger partial charge in [-0.25, -0.2) is 5.43 Å². The van der Waals surface area contributed by atoms with Gasteiger partial charge in [-0.05, 0) is 31.2 Å². The summed E-state index contributed by atoms with van der Waals surface area (Å²) < 4.78 is 0. The Hall–Kier alpha value is -2.53. The molecular weight excluding hydrogens is 292 g/mol. The highest BCUT2D eigenvalue weighted by Gasteiger charge is 2.11. The summed E-state index contributed by atoms with van der Waals surface area (Å²) >= 11 is 5.81. The molecule has 0 radical (unpaired) electrons. The molecule has 0 bridgehead atoms. The van der Waals surface area contributed by atoms with Crippen molar-refractivity contribution in [1.82, 2.24) is 5.43 Å². The van der Waals surface area contributed by atoms with Gasteiger partial charge in [0.05, 0.1) is 16.3 Å². The van der Waals surface area contributed by atoms with Crippen LogP contribution in [0.25, 0.3) is 0 Å². The first-order valence-electron chi connectivity index (χ1n) is 6.11. The van der Waals surface area contributed by atoms with Gasteiger partial charge in [0.15, 0.2) is 0 Å². The molecule has 0 aliphatic carbocycles. The zero-order chi connectivity index (χ0) is 15.4. The minimum atomic E-state index is -0.547. The predicted molar refractivity (Wildman–Crippen MR) is 80.9 cm³/mol. The molecule has 0 heterocycles. The molecule has 21 heavy (non-hydrogen) atoms. The molecule has 0 aliphatic heterocycles. The van der Waals surface area contributed by atoms with Gasteiger partial charge in [-0.15, -0.1) is 0 Å². The lowest BCUT2D eigenvalue weighted by molar-refractivity contribution is 0.0952. The van der Waals surface area contributed by atoms with E-state index in [1.54, 1.807) is 37.3 Å². The third-order valence-corrected chi connectivity index (χ3v) is 3.16. The standard InChI is InChI=1S/C15H13ClN2O3/c1-9(10-6-4-7-12(16)14(10)20)17-18-15(21)11-5-2-3-8-13(11)19/h2-8,19-20H,1H3,(H,18,21)/b17-9+. The van der Waals surface area contributed by atoms with Crippen LogP contribution >= 0.6 is 11.6 Å². The Morgan fingerprint density at radius 1 is 1.10 bits per heavy atom. The van der Waals surface area contributed by atoms with E-state index in [0.29, 0.717) is 11.3 Å². The summed E-state index contributed by atoms with van der Waals surface area (Å²) in [6.45, 7) is 1.62. The van der Waals surface area contributed by atoms with Gasteiger partial charge in [0.25, 0.3) is 5.91 Å². The lowest BCUT2D eigenvalue weighted by Crippen LogP contribution is -2.19. The zero-order valence-corrected chi connectivity index (χ0v) is 11.9. The number of hydrogen-bond acceptors (Lipinski definition) is 4. The molecular formula is C15H13ClN2O3. The maximum atomic E-state index is 11.9. The summed E-state index contributed by atoms with van der Waals surface area (Å²) in [7, 11) is 0. The topological polar surface area (TPSA) is 81.9 Å². The van der Waals surface area contributed by atoms with Crippen molar-refractivity contribution in [3.8, 4) is 11.5 Å². The first-order chi connectivity index (χ1) is 10.0. The fourth-order valence-electron chi connectivity index (χ4n) is 1.73. The van der Waals surface area contributed by atoms with Crippen LogP contribution in [0.2, 0.25) is 5.02 Å². The number of carbonyl (C=O) groups is 1. The van der Waals surface area contributed by atoms with Crippen molar-refractivity contribution in [1.29, 1.82) is 0 Å². The lowest BCUT2D eigenvalue weighted by Gasteiger charge is -2.06. The van der Waals surface area contributed by atoms with Crippen LogP contribution in [-0.4, -0.2) is 21.8 Å². The number of aromatic hydroxyl groups is 2. The minimum Gasteiger partial charge on any atom is -0.507 e. The summed E-state index contributed by atoms with van der Waals surface area (Å²) in [5.74, 6) is -0.778. The van der Waals surface area contributed by atoms with Crippen LogP contribution in [0.15, 0.2) is 47.6 Å². The summed E-state index contributed by atoms with van der Waals surface area (Å²) in [4.78, 5) is 11.9. The van der Waals surface area contributed by atoms with Gasteiger partial charge in [-0.1, -0.05) is 29.8 Å². The van der Waals surface area contributed by atoms with Gasteiger partial charge < -0.3 is 10.2 Å². The second-order valence-electron chi connectivity index (χ2n) is 4.29. The Morgan fingerprint density at radius 2 is 1.76 bits per heavy atom. The largest absolute Gasteiger partial charge is 0.507 e. The molecule has 0 aromatic heterocycles. The smallest absolute Gasteiger partial charge is 0.275 e. The van der Waals surface area contributed by atoms with E-state index in [0.717, 1.165) is 0 Å². The van der Waals surface area contributed by atoms with Gasteiger partial charge >= 0.3 is 0 Å². The summed E-state index contributed by atoms with van der Waals surface area (Å²) in [6.07, 6.45) is 0. The molecule has 2 rings (SSSR count). The Labute approximate surface area is 126 Å². The monoisotopic (exact) mass is 304 g/mol. The molecule has 0 saturated carbocycles. The number of hydrazone groups is 1. The first kappa shape index (κ1) is 14.9. The molecule has 6 heteroatoms. The van der Waals surface area contributed by atoms with Crippen molar-refractivity contribution in [3.63, 3.8) is 0 Å².